The lowest BCUT2D eigenvalue weighted by molar-refractivity contribution is -0.137. The van der Waals surface area contributed by atoms with Crippen LogP contribution in [0, 0.1) is 5.92 Å². The van der Waals surface area contributed by atoms with Gasteiger partial charge in [0.05, 0.1) is 13.2 Å². The predicted octanol–water partition coefficient (Wildman–Crippen LogP) is 1.34. The zero-order valence-corrected chi connectivity index (χ0v) is 14.2. The Balaban J connectivity index is 1.63. The minimum atomic E-state index is -0.0850. The van der Waals surface area contributed by atoms with Gasteiger partial charge in [0.15, 0.2) is 0 Å². The van der Waals surface area contributed by atoms with Crippen LogP contribution < -0.4 is 5.32 Å². The second-order valence-electron chi connectivity index (χ2n) is 6.55. The lowest BCUT2D eigenvalue weighted by Gasteiger charge is -2.35. The lowest BCUT2D eigenvalue weighted by Crippen LogP contribution is -2.48. The van der Waals surface area contributed by atoms with E-state index in [0.717, 1.165) is 38.8 Å². The molecule has 2 amide bonds. The van der Waals surface area contributed by atoms with Crippen molar-refractivity contribution in [2.24, 2.45) is 5.92 Å². The monoisotopic (exact) mass is 326 g/mol. The van der Waals surface area contributed by atoms with Gasteiger partial charge in [-0.25, -0.2) is 0 Å². The molecular weight excluding hydrogens is 296 g/mol. The smallest absolute Gasteiger partial charge is 0.246 e. The molecule has 1 N–H and O–H groups in total. The van der Waals surface area contributed by atoms with E-state index >= 15 is 0 Å². The predicted molar refractivity (Wildman–Crippen MR) is 87.0 cm³/mol. The summed E-state index contributed by atoms with van der Waals surface area (Å²) in [5.41, 5.74) is 0. The Morgan fingerprint density at radius 1 is 1.04 bits per heavy atom. The average molecular weight is 326 g/mol. The topological polar surface area (TPSA) is 67.9 Å². The van der Waals surface area contributed by atoms with Crippen LogP contribution in [0.15, 0.2) is 0 Å². The van der Waals surface area contributed by atoms with Crippen molar-refractivity contribution in [3.8, 4) is 0 Å². The molecule has 6 nitrogen and oxygen atoms in total. The highest BCUT2D eigenvalue weighted by atomic mass is 16.5. The van der Waals surface area contributed by atoms with E-state index in [-0.39, 0.29) is 24.5 Å². The summed E-state index contributed by atoms with van der Waals surface area (Å²) in [5.74, 6) is 0.486. The summed E-state index contributed by atoms with van der Waals surface area (Å²) in [5, 5.41) is 2.99. The highest BCUT2D eigenvalue weighted by molar-refractivity contribution is 5.79. The second kappa shape index (κ2) is 9.88. The SMILES string of the molecule is COCCOCC(=O)NC1CCN(C(=O)C2CCCCC2)CC1. The molecule has 0 aromatic carbocycles. The molecule has 1 saturated carbocycles. The van der Waals surface area contributed by atoms with E-state index in [1.54, 1.807) is 7.11 Å². The molecule has 0 spiro atoms. The van der Waals surface area contributed by atoms with Crippen molar-refractivity contribution in [3.63, 3.8) is 0 Å². The number of ether oxygens (including phenoxy) is 2. The molecule has 23 heavy (non-hydrogen) atoms. The fraction of sp³-hybridized carbons (Fsp3) is 0.882. The molecule has 6 heteroatoms. The van der Waals surface area contributed by atoms with Gasteiger partial charge in [0.25, 0.3) is 0 Å². The van der Waals surface area contributed by atoms with Crippen molar-refractivity contribution >= 4 is 11.8 Å². The molecule has 0 atom stereocenters. The van der Waals surface area contributed by atoms with E-state index in [4.69, 9.17) is 9.47 Å². The quantitative estimate of drug-likeness (QED) is 0.717. The summed E-state index contributed by atoms with van der Waals surface area (Å²) in [4.78, 5) is 26.3. The third kappa shape index (κ3) is 6.11. The maximum Gasteiger partial charge on any atom is 0.246 e. The molecule has 2 rings (SSSR count). The fourth-order valence-corrected chi connectivity index (χ4v) is 3.43. The van der Waals surface area contributed by atoms with Gasteiger partial charge < -0.3 is 19.7 Å². The first-order chi connectivity index (χ1) is 11.2. The van der Waals surface area contributed by atoms with Gasteiger partial charge in [0.1, 0.15) is 6.61 Å². The fourth-order valence-electron chi connectivity index (χ4n) is 3.43. The number of hydrogen-bond acceptors (Lipinski definition) is 4. The molecule has 1 aliphatic heterocycles. The van der Waals surface area contributed by atoms with Crippen LogP contribution in [0.4, 0.5) is 0 Å². The Morgan fingerprint density at radius 3 is 2.39 bits per heavy atom. The summed E-state index contributed by atoms with van der Waals surface area (Å²) in [7, 11) is 1.60. The standard InChI is InChI=1S/C17H30N2O4/c1-22-11-12-23-13-16(20)18-15-7-9-19(10-8-15)17(21)14-5-3-2-4-6-14/h14-15H,2-13H2,1H3,(H,18,20). The number of methoxy groups -OCH3 is 1. The minimum absolute atomic E-state index is 0.0740. The van der Waals surface area contributed by atoms with Gasteiger partial charge in [0, 0.05) is 32.2 Å². The van der Waals surface area contributed by atoms with Crippen LogP contribution in [0.2, 0.25) is 0 Å². The summed E-state index contributed by atoms with van der Waals surface area (Å²) < 4.78 is 10.1. The number of hydrogen-bond donors (Lipinski definition) is 1. The Kier molecular flexibility index (Phi) is 7.82. The summed E-state index contributed by atoms with van der Waals surface area (Å²) >= 11 is 0. The molecule has 2 fully saturated rings. The first-order valence-corrected chi connectivity index (χ1v) is 8.85. The number of rotatable bonds is 7. The minimum Gasteiger partial charge on any atom is -0.382 e. The van der Waals surface area contributed by atoms with E-state index in [1.807, 2.05) is 4.90 Å². The van der Waals surface area contributed by atoms with Crippen molar-refractivity contribution in [2.75, 3.05) is 40.0 Å². The number of likely N-dealkylation sites (tertiary alicyclic amines) is 1. The third-order valence-corrected chi connectivity index (χ3v) is 4.79. The van der Waals surface area contributed by atoms with Crippen LogP contribution in [0.3, 0.4) is 0 Å². The van der Waals surface area contributed by atoms with Crippen molar-refractivity contribution in [1.29, 1.82) is 0 Å². The first kappa shape index (κ1) is 18.2. The molecule has 1 heterocycles. The molecule has 132 valence electrons. The summed E-state index contributed by atoms with van der Waals surface area (Å²) in [6.45, 7) is 2.51. The zero-order chi connectivity index (χ0) is 16.5. The number of carbonyl (C=O) groups is 2. The summed E-state index contributed by atoms with van der Waals surface area (Å²) in [6, 6.07) is 0.156. The highest BCUT2D eigenvalue weighted by Gasteiger charge is 2.29. The Hall–Kier alpha value is -1.14. The van der Waals surface area contributed by atoms with Crippen LogP contribution in [0.1, 0.15) is 44.9 Å². The molecule has 1 aliphatic carbocycles. The van der Waals surface area contributed by atoms with Crippen LogP contribution in [0.25, 0.3) is 0 Å². The number of nitrogens with one attached hydrogen (secondary N) is 1. The van der Waals surface area contributed by atoms with Gasteiger partial charge in [-0.1, -0.05) is 19.3 Å². The Bertz CT molecular complexity index is 375. The normalized spacial score (nSPS) is 20.5. The molecular formula is C17H30N2O4. The van der Waals surface area contributed by atoms with Crippen LogP contribution >= 0.6 is 0 Å². The van der Waals surface area contributed by atoms with Gasteiger partial charge in [-0.3, -0.25) is 9.59 Å². The number of nitrogens with zero attached hydrogens (tertiary/aromatic N) is 1. The maximum atomic E-state index is 12.5. The van der Waals surface area contributed by atoms with Crippen molar-refractivity contribution < 1.29 is 19.1 Å². The van der Waals surface area contributed by atoms with E-state index < -0.39 is 0 Å². The maximum absolute atomic E-state index is 12.5. The molecule has 0 aromatic rings. The average Bonchev–Trinajstić information content (AvgIpc) is 2.59. The van der Waals surface area contributed by atoms with Crippen LogP contribution in [-0.4, -0.2) is 62.8 Å². The molecule has 0 aromatic heterocycles. The molecule has 0 bridgehead atoms. The summed E-state index contributed by atoms with van der Waals surface area (Å²) in [6.07, 6.45) is 7.41. The first-order valence-electron chi connectivity index (χ1n) is 8.85. The van der Waals surface area contributed by atoms with E-state index in [1.165, 1.54) is 19.3 Å². The number of carbonyl (C=O) groups excluding carboxylic acids is 2. The Labute approximate surface area is 138 Å². The van der Waals surface area contributed by atoms with E-state index in [2.05, 4.69) is 5.32 Å². The molecule has 1 saturated heterocycles. The Morgan fingerprint density at radius 2 is 1.74 bits per heavy atom. The number of amides is 2. The second-order valence-corrected chi connectivity index (χ2v) is 6.55. The van der Waals surface area contributed by atoms with Crippen molar-refractivity contribution in [3.05, 3.63) is 0 Å². The zero-order valence-electron chi connectivity index (χ0n) is 14.2. The molecule has 0 unspecified atom stereocenters. The van der Waals surface area contributed by atoms with Crippen LogP contribution in [-0.2, 0) is 19.1 Å². The van der Waals surface area contributed by atoms with E-state index in [0.29, 0.717) is 19.1 Å². The molecule has 2 aliphatic rings. The van der Waals surface area contributed by atoms with Crippen LogP contribution in [0.5, 0.6) is 0 Å². The molecule has 0 radical (unpaired) electrons. The third-order valence-electron chi connectivity index (χ3n) is 4.79. The number of piperidine rings is 1. The van der Waals surface area contributed by atoms with E-state index in [9.17, 15) is 9.59 Å². The van der Waals surface area contributed by atoms with Gasteiger partial charge >= 0.3 is 0 Å². The highest BCUT2D eigenvalue weighted by Crippen LogP contribution is 2.26. The largest absolute Gasteiger partial charge is 0.382 e. The van der Waals surface area contributed by atoms with Gasteiger partial charge in [-0.05, 0) is 25.7 Å². The van der Waals surface area contributed by atoms with Gasteiger partial charge in [-0.2, -0.15) is 0 Å². The van der Waals surface area contributed by atoms with Gasteiger partial charge in [-0.15, -0.1) is 0 Å². The lowest BCUT2D eigenvalue weighted by atomic mass is 9.87. The van der Waals surface area contributed by atoms with Crippen molar-refractivity contribution in [1.82, 2.24) is 10.2 Å². The van der Waals surface area contributed by atoms with Crippen molar-refractivity contribution in [2.45, 2.75) is 51.0 Å². The van der Waals surface area contributed by atoms with Gasteiger partial charge in [0.2, 0.25) is 11.8 Å².